The zero-order valence-corrected chi connectivity index (χ0v) is 9.09. The van der Waals surface area contributed by atoms with Gasteiger partial charge in [0.1, 0.15) is 9.50 Å². The summed E-state index contributed by atoms with van der Waals surface area (Å²) >= 11 is 2.97. The second-order valence-corrected chi connectivity index (χ2v) is 4.47. The Morgan fingerprint density at radius 3 is 2.54 bits per heavy atom. The topological polar surface area (TPSA) is 82.3 Å². The zero-order chi connectivity index (χ0) is 10.1. The molecule has 0 bridgehead atoms. The largest absolute Gasteiger partial charge is 0.481 e. The number of primary sulfonamides is 1. The van der Waals surface area contributed by atoms with E-state index in [1.54, 1.807) is 0 Å². The molecule has 0 aromatic carbocycles. The molecule has 0 radical (unpaired) electrons. The van der Waals surface area contributed by atoms with Gasteiger partial charge in [0.2, 0.25) is 15.9 Å². The predicted molar refractivity (Wildman–Crippen MR) is 49.9 cm³/mol. The van der Waals surface area contributed by atoms with Crippen LogP contribution in [0.4, 0.5) is 0 Å². The van der Waals surface area contributed by atoms with Crippen molar-refractivity contribution in [3.05, 3.63) is 16.7 Å². The molecule has 0 aliphatic heterocycles. The highest BCUT2D eigenvalue weighted by molar-refractivity contribution is 9.10. The Bertz CT molecular complexity index is 418. The molecule has 2 N–H and O–H groups in total. The maximum atomic E-state index is 10.9. The summed E-state index contributed by atoms with van der Waals surface area (Å²) in [6.45, 7) is 0. The number of rotatable bonds is 2. The van der Waals surface area contributed by atoms with E-state index in [0.717, 1.165) is 0 Å². The minimum absolute atomic E-state index is 0.0618. The van der Waals surface area contributed by atoms with Crippen molar-refractivity contribution in [2.24, 2.45) is 5.14 Å². The third kappa shape index (κ3) is 2.39. The smallest absolute Gasteiger partial charge is 0.240 e. The summed E-state index contributed by atoms with van der Waals surface area (Å²) in [6.07, 6.45) is 0. The molecular weight excluding hydrogens is 260 g/mol. The molecule has 1 aromatic rings. The van der Waals surface area contributed by atoms with Gasteiger partial charge in [-0.2, -0.15) is 0 Å². The highest BCUT2D eigenvalue weighted by Crippen LogP contribution is 2.21. The summed E-state index contributed by atoms with van der Waals surface area (Å²) in [7, 11) is -2.29. The van der Waals surface area contributed by atoms with Crippen molar-refractivity contribution in [3.8, 4) is 5.88 Å². The Morgan fingerprint density at radius 1 is 1.54 bits per heavy atom. The molecule has 1 rings (SSSR count). The van der Waals surface area contributed by atoms with Crippen LogP contribution >= 0.6 is 15.9 Å². The summed E-state index contributed by atoms with van der Waals surface area (Å²) in [6, 6.07) is 2.75. The molecule has 0 spiro atoms. The van der Waals surface area contributed by atoms with Crippen molar-refractivity contribution in [1.82, 2.24) is 4.98 Å². The van der Waals surface area contributed by atoms with Crippen LogP contribution in [0.3, 0.4) is 0 Å². The molecule has 0 amide bonds. The Hall–Kier alpha value is -0.660. The van der Waals surface area contributed by atoms with Crippen molar-refractivity contribution in [3.63, 3.8) is 0 Å². The summed E-state index contributed by atoms with van der Waals surface area (Å²) in [4.78, 5) is 3.73. The van der Waals surface area contributed by atoms with E-state index in [2.05, 4.69) is 20.9 Å². The molecule has 0 fully saturated rings. The van der Waals surface area contributed by atoms with E-state index in [9.17, 15) is 8.42 Å². The summed E-state index contributed by atoms with van der Waals surface area (Å²) in [5.41, 5.74) is 0. The summed E-state index contributed by atoms with van der Waals surface area (Å²) < 4.78 is 26.8. The SMILES string of the molecule is COc1ccc(S(N)(=O)=O)c(Br)n1. The van der Waals surface area contributed by atoms with Crippen LogP contribution in [-0.2, 0) is 10.0 Å². The molecule has 0 saturated carbocycles. The van der Waals surface area contributed by atoms with Gasteiger partial charge >= 0.3 is 0 Å². The first-order chi connectivity index (χ1) is 5.95. The minimum Gasteiger partial charge on any atom is -0.481 e. The minimum atomic E-state index is -3.72. The van der Waals surface area contributed by atoms with Crippen LogP contribution in [0.5, 0.6) is 5.88 Å². The number of aromatic nitrogens is 1. The normalized spacial score (nSPS) is 11.3. The van der Waals surface area contributed by atoms with Crippen LogP contribution < -0.4 is 9.88 Å². The van der Waals surface area contributed by atoms with Crippen molar-refractivity contribution in [2.75, 3.05) is 7.11 Å². The van der Waals surface area contributed by atoms with E-state index < -0.39 is 10.0 Å². The third-order valence-corrected chi connectivity index (χ3v) is 3.11. The van der Waals surface area contributed by atoms with Gasteiger partial charge in [0, 0.05) is 6.07 Å². The van der Waals surface area contributed by atoms with Crippen molar-refractivity contribution in [2.45, 2.75) is 4.90 Å². The van der Waals surface area contributed by atoms with Crippen molar-refractivity contribution in [1.29, 1.82) is 0 Å². The first-order valence-corrected chi connectivity index (χ1v) is 5.52. The molecule has 7 heteroatoms. The van der Waals surface area contributed by atoms with E-state index in [-0.39, 0.29) is 9.50 Å². The van der Waals surface area contributed by atoms with Crippen LogP contribution in [0, 0.1) is 0 Å². The maximum Gasteiger partial charge on any atom is 0.240 e. The highest BCUT2D eigenvalue weighted by atomic mass is 79.9. The van der Waals surface area contributed by atoms with E-state index in [1.807, 2.05) is 0 Å². The third-order valence-electron chi connectivity index (χ3n) is 1.30. The van der Waals surface area contributed by atoms with Gasteiger partial charge in [0.25, 0.3) is 0 Å². The Kier molecular flexibility index (Phi) is 2.89. The molecule has 5 nitrogen and oxygen atoms in total. The van der Waals surface area contributed by atoms with Crippen LogP contribution in [0.25, 0.3) is 0 Å². The van der Waals surface area contributed by atoms with Gasteiger partial charge in [0.15, 0.2) is 0 Å². The number of nitrogens with zero attached hydrogens (tertiary/aromatic N) is 1. The number of sulfonamides is 1. The lowest BCUT2D eigenvalue weighted by Gasteiger charge is -2.02. The van der Waals surface area contributed by atoms with Gasteiger partial charge in [-0.3, -0.25) is 0 Å². The van der Waals surface area contributed by atoms with Crippen molar-refractivity contribution < 1.29 is 13.2 Å². The summed E-state index contributed by atoms with van der Waals surface area (Å²) in [5, 5.41) is 4.91. The Morgan fingerprint density at radius 2 is 2.15 bits per heavy atom. The van der Waals surface area contributed by atoms with Gasteiger partial charge in [-0.05, 0) is 22.0 Å². The zero-order valence-electron chi connectivity index (χ0n) is 6.69. The molecule has 1 heterocycles. The maximum absolute atomic E-state index is 10.9. The van der Waals surface area contributed by atoms with E-state index >= 15 is 0 Å². The molecule has 1 aromatic heterocycles. The number of nitrogens with two attached hydrogens (primary N) is 1. The standard InChI is InChI=1S/C6H7BrN2O3S/c1-12-5-3-2-4(6(7)9-5)13(8,10)11/h2-3H,1H3,(H2,8,10,11). The fourth-order valence-electron chi connectivity index (χ4n) is 0.731. The van der Waals surface area contributed by atoms with Gasteiger partial charge in [-0.25, -0.2) is 18.5 Å². The van der Waals surface area contributed by atoms with E-state index in [0.29, 0.717) is 5.88 Å². The van der Waals surface area contributed by atoms with Gasteiger partial charge < -0.3 is 4.74 Å². The first-order valence-electron chi connectivity index (χ1n) is 3.18. The van der Waals surface area contributed by atoms with Gasteiger partial charge in [0.05, 0.1) is 7.11 Å². The monoisotopic (exact) mass is 266 g/mol. The van der Waals surface area contributed by atoms with Crippen molar-refractivity contribution >= 4 is 26.0 Å². The van der Waals surface area contributed by atoms with Crippen LogP contribution in [0.15, 0.2) is 21.6 Å². The predicted octanol–water partition coefficient (Wildman–Crippen LogP) is 0.500. The molecule has 0 aliphatic rings. The number of halogens is 1. The number of methoxy groups -OCH3 is 1. The average Bonchev–Trinajstić information content (AvgIpc) is 2.01. The fourth-order valence-corrected chi connectivity index (χ4v) is 2.25. The number of hydrogen-bond donors (Lipinski definition) is 1. The van der Waals surface area contributed by atoms with E-state index in [4.69, 9.17) is 9.88 Å². The molecule has 0 saturated heterocycles. The lowest BCUT2D eigenvalue weighted by molar-refractivity contribution is 0.396. The molecule has 0 aliphatic carbocycles. The molecule has 0 unspecified atom stereocenters. The molecule has 13 heavy (non-hydrogen) atoms. The van der Waals surface area contributed by atoms with Gasteiger partial charge in [-0.15, -0.1) is 0 Å². The lowest BCUT2D eigenvalue weighted by atomic mass is 10.5. The van der Waals surface area contributed by atoms with Crippen LogP contribution in [0.1, 0.15) is 0 Å². The second-order valence-electron chi connectivity index (χ2n) is 2.19. The van der Waals surface area contributed by atoms with Crippen LogP contribution in [-0.4, -0.2) is 20.5 Å². The Balaban J connectivity index is 3.29. The lowest BCUT2D eigenvalue weighted by Crippen LogP contribution is -2.13. The fraction of sp³-hybridized carbons (Fsp3) is 0.167. The second kappa shape index (κ2) is 3.60. The highest BCUT2D eigenvalue weighted by Gasteiger charge is 2.13. The van der Waals surface area contributed by atoms with E-state index in [1.165, 1.54) is 19.2 Å². The molecule has 0 atom stereocenters. The Labute approximate surface area is 84.1 Å². The number of ether oxygens (including phenoxy) is 1. The number of hydrogen-bond acceptors (Lipinski definition) is 4. The summed E-state index contributed by atoms with van der Waals surface area (Å²) in [5.74, 6) is 0.319. The molecular formula is C6H7BrN2O3S. The average molecular weight is 267 g/mol. The quantitative estimate of drug-likeness (QED) is 0.791. The van der Waals surface area contributed by atoms with Gasteiger partial charge in [-0.1, -0.05) is 0 Å². The van der Waals surface area contributed by atoms with Crippen LogP contribution in [0.2, 0.25) is 0 Å². The number of pyridine rings is 1. The molecule has 72 valence electrons. The first kappa shape index (κ1) is 10.4.